The third-order valence-corrected chi connectivity index (χ3v) is 4.20. The average Bonchev–Trinajstić information content (AvgIpc) is 3.20. The fourth-order valence-electron chi connectivity index (χ4n) is 2.85. The van der Waals surface area contributed by atoms with Gasteiger partial charge in [0.25, 0.3) is 5.91 Å². The van der Waals surface area contributed by atoms with E-state index in [-0.39, 0.29) is 5.91 Å². The first-order chi connectivity index (χ1) is 11.2. The summed E-state index contributed by atoms with van der Waals surface area (Å²) in [7, 11) is 2.05. The predicted molar refractivity (Wildman–Crippen MR) is 91.3 cm³/mol. The second-order valence-electron chi connectivity index (χ2n) is 5.81. The van der Waals surface area contributed by atoms with Gasteiger partial charge in [0, 0.05) is 24.8 Å². The molecule has 23 heavy (non-hydrogen) atoms. The topological polar surface area (TPSA) is 38.4 Å². The quantitative estimate of drug-likeness (QED) is 0.684. The molecular weight excluding hydrogens is 288 g/mol. The molecule has 2 aromatic heterocycles. The summed E-state index contributed by atoms with van der Waals surface area (Å²) >= 11 is 0. The summed E-state index contributed by atoms with van der Waals surface area (Å²) in [5, 5.41) is 1.20. The van der Waals surface area contributed by atoms with Gasteiger partial charge in [-0.15, -0.1) is 0 Å². The molecule has 0 saturated carbocycles. The van der Waals surface area contributed by atoms with Crippen molar-refractivity contribution in [3.05, 3.63) is 60.2 Å². The molecule has 3 rings (SSSR count). The zero-order chi connectivity index (χ0) is 16.2. The number of fused-ring (bicyclic) bond motifs is 1. The van der Waals surface area contributed by atoms with Gasteiger partial charge in [-0.05, 0) is 36.1 Å². The molecular formula is C19H22N2O2. The van der Waals surface area contributed by atoms with Crippen LogP contribution in [0.3, 0.4) is 0 Å². The molecule has 0 aliphatic carbocycles. The Morgan fingerprint density at radius 3 is 2.74 bits per heavy atom. The standard InChI is InChI=1S/C19H22N2O2/c1-3-4-11-21(19(22)18-10-7-12-23-18)14-16-13-15-8-5-6-9-17(15)20(16)2/h5-10,12-13H,3-4,11,14H2,1-2H3. The Morgan fingerprint density at radius 2 is 2.04 bits per heavy atom. The number of amides is 1. The largest absolute Gasteiger partial charge is 0.459 e. The van der Waals surface area contributed by atoms with Crippen molar-refractivity contribution < 1.29 is 9.21 Å². The summed E-state index contributed by atoms with van der Waals surface area (Å²) in [5.74, 6) is 0.355. The van der Waals surface area contributed by atoms with Crippen molar-refractivity contribution in [3.8, 4) is 0 Å². The Hall–Kier alpha value is -2.49. The van der Waals surface area contributed by atoms with Crippen LogP contribution in [0.15, 0.2) is 53.1 Å². The lowest BCUT2D eigenvalue weighted by Gasteiger charge is -2.22. The lowest BCUT2D eigenvalue weighted by atomic mass is 10.2. The molecule has 1 amide bonds. The molecule has 2 heterocycles. The van der Waals surface area contributed by atoms with E-state index in [0.29, 0.717) is 12.3 Å². The van der Waals surface area contributed by atoms with Crippen molar-refractivity contribution in [1.29, 1.82) is 0 Å². The molecule has 0 saturated heterocycles. The first-order valence-electron chi connectivity index (χ1n) is 8.07. The highest BCUT2D eigenvalue weighted by atomic mass is 16.3. The second-order valence-corrected chi connectivity index (χ2v) is 5.81. The summed E-state index contributed by atoms with van der Waals surface area (Å²) in [6.07, 6.45) is 3.58. The van der Waals surface area contributed by atoms with Crippen molar-refractivity contribution >= 4 is 16.8 Å². The average molecular weight is 310 g/mol. The van der Waals surface area contributed by atoms with E-state index in [1.807, 2.05) is 24.1 Å². The lowest BCUT2D eigenvalue weighted by Crippen LogP contribution is -2.32. The number of aromatic nitrogens is 1. The number of unbranched alkanes of at least 4 members (excludes halogenated alkanes) is 1. The zero-order valence-electron chi connectivity index (χ0n) is 13.7. The maximum Gasteiger partial charge on any atom is 0.289 e. The Morgan fingerprint density at radius 1 is 1.22 bits per heavy atom. The first-order valence-corrected chi connectivity index (χ1v) is 8.07. The van der Waals surface area contributed by atoms with Crippen molar-refractivity contribution in [3.63, 3.8) is 0 Å². The molecule has 1 aromatic carbocycles. The molecule has 0 atom stereocenters. The maximum atomic E-state index is 12.7. The van der Waals surface area contributed by atoms with Crippen LogP contribution in [0.25, 0.3) is 10.9 Å². The van der Waals surface area contributed by atoms with E-state index in [1.54, 1.807) is 18.4 Å². The lowest BCUT2D eigenvalue weighted by molar-refractivity contribution is 0.0705. The summed E-state index contributed by atoms with van der Waals surface area (Å²) in [6, 6.07) is 13.9. The van der Waals surface area contributed by atoms with E-state index in [2.05, 4.69) is 29.7 Å². The van der Waals surface area contributed by atoms with Crippen LogP contribution in [0.4, 0.5) is 0 Å². The highest BCUT2D eigenvalue weighted by Gasteiger charge is 2.19. The van der Waals surface area contributed by atoms with Gasteiger partial charge in [-0.3, -0.25) is 4.79 Å². The monoisotopic (exact) mass is 310 g/mol. The molecule has 120 valence electrons. The minimum atomic E-state index is -0.0475. The predicted octanol–water partition coefficient (Wildman–Crippen LogP) is 4.21. The minimum absolute atomic E-state index is 0.0475. The molecule has 0 fully saturated rings. The van der Waals surface area contributed by atoms with Crippen LogP contribution in [-0.4, -0.2) is 21.9 Å². The number of nitrogens with zero attached hydrogens (tertiary/aromatic N) is 2. The third-order valence-electron chi connectivity index (χ3n) is 4.20. The third kappa shape index (κ3) is 3.16. The number of para-hydroxylation sites is 1. The fourth-order valence-corrected chi connectivity index (χ4v) is 2.85. The van der Waals surface area contributed by atoms with Crippen LogP contribution in [0, 0.1) is 0 Å². The van der Waals surface area contributed by atoms with E-state index in [0.717, 1.165) is 25.1 Å². The number of carbonyl (C=O) groups excluding carboxylic acids is 1. The number of aryl methyl sites for hydroxylation is 1. The Bertz CT molecular complexity index is 787. The molecule has 0 unspecified atom stereocenters. The fraction of sp³-hybridized carbons (Fsp3) is 0.316. The van der Waals surface area contributed by atoms with Gasteiger partial charge in [-0.25, -0.2) is 0 Å². The minimum Gasteiger partial charge on any atom is -0.459 e. The van der Waals surface area contributed by atoms with Gasteiger partial charge in [0.15, 0.2) is 5.76 Å². The Kier molecular flexibility index (Phi) is 4.51. The Labute approximate surface area is 136 Å². The Balaban J connectivity index is 1.87. The van der Waals surface area contributed by atoms with Crippen molar-refractivity contribution in [2.45, 2.75) is 26.3 Å². The molecule has 4 heteroatoms. The van der Waals surface area contributed by atoms with E-state index in [1.165, 1.54) is 10.9 Å². The zero-order valence-corrected chi connectivity index (χ0v) is 13.7. The number of furan rings is 1. The smallest absolute Gasteiger partial charge is 0.289 e. The van der Waals surface area contributed by atoms with E-state index in [9.17, 15) is 4.79 Å². The van der Waals surface area contributed by atoms with E-state index >= 15 is 0 Å². The van der Waals surface area contributed by atoms with E-state index < -0.39 is 0 Å². The molecule has 3 aromatic rings. The van der Waals surface area contributed by atoms with Gasteiger partial charge in [0.05, 0.1) is 12.8 Å². The highest BCUT2D eigenvalue weighted by Crippen LogP contribution is 2.20. The maximum absolute atomic E-state index is 12.7. The van der Waals surface area contributed by atoms with Crippen LogP contribution in [0.2, 0.25) is 0 Å². The number of rotatable bonds is 6. The van der Waals surface area contributed by atoms with E-state index in [4.69, 9.17) is 4.42 Å². The molecule has 0 aliphatic heterocycles. The summed E-state index contributed by atoms with van der Waals surface area (Å²) in [6.45, 7) is 3.45. The second kappa shape index (κ2) is 6.73. The molecule has 0 spiro atoms. The SMILES string of the molecule is CCCCN(Cc1cc2ccccc2n1C)C(=O)c1ccco1. The van der Waals surface area contributed by atoms with Crippen molar-refractivity contribution in [1.82, 2.24) is 9.47 Å². The molecule has 0 aliphatic rings. The molecule has 4 nitrogen and oxygen atoms in total. The van der Waals surface area contributed by atoms with Gasteiger partial charge in [-0.1, -0.05) is 31.5 Å². The number of benzene rings is 1. The van der Waals surface area contributed by atoms with Gasteiger partial charge >= 0.3 is 0 Å². The summed E-state index contributed by atoms with van der Waals surface area (Å²) < 4.78 is 7.44. The molecule has 0 N–H and O–H groups in total. The first kappa shape index (κ1) is 15.4. The molecule has 0 bridgehead atoms. The van der Waals surface area contributed by atoms with Crippen LogP contribution in [0.5, 0.6) is 0 Å². The van der Waals surface area contributed by atoms with Gasteiger partial charge < -0.3 is 13.9 Å². The van der Waals surface area contributed by atoms with Gasteiger partial charge in [0.2, 0.25) is 0 Å². The number of hydrogen-bond donors (Lipinski definition) is 0. The molecule has 0 radical (unpaired) electrons. The normalized spacial score (nSPS) is 11.0. The van der Waals surface area contributed by atoms with Gasteiger partial charge in [-0.2, -0.15) is 0 Å². The summed E-state index contributed by atoms with van der Waals surface area (Å²) in [5.41, 5.74) is 2.31. The number of carbonyl (C=O) groups is 1. The van der Waals surface area contributed by atoms with Crippen LogP contribution in [-0.2, 0) is 13.6 Å². The van der Waals surface area contributed by atoms with Gasteiger partial charge in [0.1, 0.15) is 0 Å². The van der Waals surface area contributed by atoms with Crippen molar-refractivity contribution in [2.75, 3.05) is 6.54 Å². The highest BCUT2D eigenvalue weighted by molar-refractivity contribution is 5.91. The van der Waals surface area contributed by atoms with Crippen LogP contribution in [0.1, 0.15) is 36.0 Å². The number of hydrogen-bond acceptors (Lipinski definition) is 2. The van der Waals surface area contributed by atoms with Crippen LogP contribution >= 0.6 is 0 Å². The van der Waals surface area contributed by atoms with Crippen molar-refractivity contribution in [2.24, 2.45) is 7.05 Å². The summed E-state index contributed by atoms with van der Waals surface area (Å²) in [4.78, 5) is 14.5. The van der Waals surface area contributed by atoms with Crippen LogP contribution < -0.4 is 0 Å².